The molecule has 1 heterocycles. The molecule has 1 fully saturated rings. The summed E-state index contributed by atoms with van der Waals surface area (Å²) in [6, 6.07) is 5.38. The molecular weight excluding hydrogens is 451 g/mol. The van der Waals surface area contributed by atoms with Crippen molar-refractivity contribution in [3.63, 3.8) is 0 Å². The zero-order valence-electron chi connectivity index (χ0n) is 19.5. The average molecular weight is 484 g/mol. The van der Waals surface area contributed by atoms with Gasteiger partial charge in [0.25, 0.3) is 5.91 Å². The standard InChI is InChI=1S/C24H32F3N3O2S/c1-15-18(22(28)31)13-20(30(15)14-16-8-6-5-7-9-16)17-10-11-21(19(12-17)24(25,26)27)33(32)29-23(2,3)4/h10-13,16,29H,5-9,14H2,1-4H3,(H2,28,31). The van der Waals surface area contributed by atoms with Crippen LogP contribution in [0.3, 0.4) is 0 Å². The summed E-state index contributed by atoms with van der Waals surface area (Å²) in [5.41, 5.74) is 5.74. The number of amides is 1. The van der Waals surface area contributed by atoms with Crippen molar-refractivity contribution in [1.82, 2.24) is 9.29 Å². The van der Waals surface area contributed by atoms with E-state index in [1.165, 1.54) is 18.6 Å². The summed E-state index contributed by atoms with van der Waals surface area (Å²) in [6.45, 7) is 7.60. The normalized spacial score (nSPS) is 16.7. The number of alkyl halides is 3. The summed E-state index contributed by atoms with van der Waals surface area (Å²) in [5.74, 6) is -0.214. The summed E-state index contributed by atoms with van der Waals surface area (Å²) in [6.07, 6.45) is 0.852. The van der Waals surface area contributed by atoms with Gasteiger partial charge in [-0.15, -0.1) is 4.72 Å². The Morgan fingerprint density at radius 1 is 1.18 bits per heavy atom. The predicted molar refractivity (Wildman–Crippen MR) is 124 cm³/mol. The number of hydrogen-bond donors (Lipinski definition) is 2. The number of hydrogen-bond acceptors (Lipinski definition) is 3. The van der Waals surface area contributed by atoms with E-state index >= 15 is 0 Å². The van der Waals surface area contributed by atoms with Gasteiger partial charge >= 0.3 is 6.18 Å². The van der Waals surface area contributed by atoms with Crippen LogP contribution in [-0.2, 0) is 24.1 Å². The van der Waals surface area contributed by atoms with E-state index in [1.54, 1.807) is 33.8 Å². The maximum Gasteiger partial charge on any atom is 0.421 e. The first-order valence-electron chi connectivity index (χ1n) is 11.2. The van der Waals surface area contributed by atoms with Crippen LogP contribution in [0.4, 0.5) is 13.2 Å². The average Bonchev–Trinajstić information content (AvgIpc) is 3.03. The summed E-state index contributed by atoms with van der Waals surface area (Å²) in [7, 11) is 0. The highest BCUT2D eigenvalue weighted by atomic mass is 32.2. The number of nitrogens with two attached hydrogens (primary N) is 1. The van der Waals surface area contributed by atoms with Crippen molar-refractivity contribution in [1.29, 1.82) is 0 Å². The molecular formula is C24H32F3N3O2S. The Balaban J connectivity index is 2.09. The summed E-state index contributed by atoms with van der Waals surface area (Å²) in [5, 5.41) is 0. The molecule has 2 aromatic rings. The minimum atomic E-state index is -4.69. The van der Waals surface area contributed by atoms with E-state index < -0.39 is 34.5 Å². The largest absolute Gasteiger partial charge is 0.593 e. The van der Waals surface area contributed by atoms with Crippen LogP contribution in [0.2, 0.25) is 0 Å². The fourth-order valence-corrected chi connectivity index (χ4v) is 5.63. The van der Waals surface area contributed by atoms with Crippen molar-refractivity contribution in [2.45, 2.75) is 83.0 Å². The van der Waals surface area contributed by atoms with Gasteiger partial charge in [0.15, 0.2) is 4.90 Å². The van der Waals surface area contributed by atoms with E-state index in [1.807, 2.05) is 4.57 Å². The molecule has 0 spiro atoms. The number of halogens is 3. The second kappa shape index (κ2) is 9.72. The van der Waals surface area contributed by atoms with Gasteiger partial charge < -0.3 is 14.9 Å². The Morgan fingerprint density at radius 2 is 1.82 bits per heavy atom. The van der Waals surface area contributed by atoms with E-state index in [0.29, 0.717) is 35.0 Å². The first-order chi connectivity index (χ1) is 15.3. The van der Waals surface area contributed by atoms with Gasteiger partial charge in [0.1, 0.15) is 5.56 Å². The van der Waals surface area contributed by atoms with Crippen LogP contribution in [0, 0.1) is 12.8 Å². The van der Waals surface area contributed by atoms with Crippen LogP contribution < -0.4 is 10.5 Å². The Morgan fingerprint density at radius 3 is 2.36 bits per heavy atom. The molecule has 1 atom stereocenters. The molecule has 0 radical (unpaired) electrons. The van der Waals surface area contributed by atoms with Gasteiger partial charge in [-0.3, -0.25) is 4.79 Å². The minimum absolute atomic E-state index is 0.302. The van der Waals surface area contributed by atoms with Gasteiger partial charge in [0.05, 0.1) is 22.5 Å². The molecule has 0 aliphatic heterocycles. The van der Waals surface area contributed by atoms with E-state index in [-0.39, 0.29) is 4.90 Å². The van der Waals surface area contributed by atoms with Crippen LogP contribution in [0.1, 0.15) is 74.5 Å². The maximum absolute atomic E-state index is 14.0. The highest BCUT2D eigenvalue weighted by Crippen LogP contribution is 2.38. The van der Waals surface area contributed by atoms with Crippen molar-refractivity contribution in [2.75, 3.05) is 0 Å². The lowest BCUT2D eigenvalue weighted by Gasteiger charge is -2.25. The highest BCUT2D eigenvalue weighted by molar-refractivity contribution is 7.89. The van der Waals surface area contributed by atoms with Crippen LogP contribution in [-0.4, -0.2) is 20.6 Å². The van der Waals surface area contributed by atoms with E-state index in [2.05, 4.69) is 4.72 Å². The molecule has 1 amide bonds. The van der Waals surface area contributed by atoms with E-state index in [9.17, 15) is 22.5 Å². The second-order valence-corrected chi connectivity index (χ2v) is 11.0. The quantitative estimate of drug-likeness (QED) is 0.527. The van der Waals surface area contributed by atoms with Crippen LogP contribution in [0.25, 0.3) is 11.3 Å². The molecule has 0 bridgehead atoms. The first-order valence-corrected chi connectivity index (χ1v) is 12.3. The molecule has 9 heteroatoms. The van der Waals surface area contributed by atoms with Gasteiger partial charge in [-0.05, 0) is 76.3 Å². The summed E-state index contributed by atoms with van der Waals surface area (Å²) >= 11 is -2.04. The van der Waals surface area contributed by atoms with Crippen molar-refractivity contribution in [3.05, 3.63) is 41.1 Å². The second-order valence-electron chi connectivity index (χ2n) is 9.84. The van der Waals surface area contributed by atoms with Gasteiger partial charge in [0, 0.05) is 17.9 Å². The Kier molecular flexibility index (Phi) is 7.55. The molecule has 1 saturated carbocycles. The molecule has 1 aliphatic carbocycles. The molecule has 1 aliphatic rings. The fraction of sp³-hybridized carbons (Fsp3) is 0.542. The number of carbonyl (C=O) groups is 1. The number of aromatic nitrogens is 1. The molecule has 1 aromatic carbocycles. The third kappa shape index (κ3) is 6.13. The number of nitrogens with zero attached hydrogens (tertiary/aromatic N) is 1. The highest BCUT2D eigenvalue weighted by Gasteiger charge is 2.39. The number of carbonyl (C=O) groups excluding carboxylic acids is 1. The Bertz CT molecular complexity index is 1010. The molecule has 1 unspecified atom stereocenters. The summed E-state index contributed by atoms with van der Waals surface area (Å²) < 4.78 is 59.2. The Labute approximate surface area is 196 Å². The van der Waals surface area contributed by atoms with Crippen molar-refractivity contribution < 1.29 is 22.5 Å². The molecule has 0 saturated heterocycles. The third-order valence-corrected chi connectivity index (χ3v) is 7.53. The van der Waals surface area contributed by atoms with Gasteiger partial charge in [0.2, 0.25) is 0 Å². The van der Waals surface area contributed by atoms with Crippen molar-refractivity contribution >= 4 is 17.3 Å². The van der Waals surface area contributed by atoms with E-state index in [0.717, 1.165) is 31.7 Å². The fourth-order valence-electron chi connectivity index (χ4n) is 4.40. The molecule has 1 aromatic heterocycles. The number of primary amides is 1. The third-order valence-electron chi connectivity index (χ3n) is 5.98. The topological polar surface area (TPSA) is 83.1 Å². The lowest BCUT2D eigenvalue weighted by Crippen LogP contribution is -2.41. The SMILES string of the molecule is Cc1c(C(N)=O)cc(-c2ccc([S+]([O-])NC(C)(C)C)c(C(F)(F)F)c2)n1CC1CCCCC1. The molecule has 182 valence electrons. The van der Waals surface area contributed by atoms with Crippen molar-refractivity contribution in [3.8, 4) is 11.3 Å². The monoisotopic (exact) mass is 483 g/mol. The minimum Gasteiger partial charge on any atom is -0.593 e. The van der Waals surface area contributed by atoms with Crippen LogP contribution in [0.15, 0.2) is 29.2 Å². The molecule has 3 N–H and O–H groups in total. The maximum atomic E-state index is 14.0. The van der Waals surface area contributed by atoms with Gasteiger partial charge in [-0.2, -0.15) is 13.2 Å². The zero-order valence-corrected chi connectivity index (χ0v) is 20.3. The lowest BCUT2D eigenvalue weighted by molar-refractivity contribution is -0.139. The lowest BCUT2D eigenvalue weighted by atomic mass is 9.89. The number of rotatable bonds is 6. The predicted octanol–water partition coefficient (Wildman–Crippen LogP) is 5.57. The Hall–Kier alpha value is -1.97. The molecule has 3 rings (SSSR count). The van der Waals surface area contributed by atoms with Crippen LogP contribution in [0.5, 0.6) is 0 Å². The first kappa shape index (κ1) is 25.6. The molecule has 33 heavy (non-hydrogen) atoms. The van der Waals surface area contributed by atoms with Crippen molar-refractivity contribution in [2.24, 2.45) is 11.7 Å². The molecule has 5 nitrogen and oxygen atoms in total. The number of benzene rings is 1. The van der Waals surface area contributed by atoms with Crippen LogP contribution >= 0.6 is 0 Å². The zero-order chi connectivity index (χ0) is 24.6. The van der Waals surface area contributed by atoms with Gasteiger partial charge in [-0.1, -0.05) is 19.3 Å². The van der Waals surface area contributed by atoms with E-state index in [4.69, 9.17) is 5.73 Å². The summed E-state index contributed by atoms with van der Waals surface area (Å²) in [4.78, 5) is 11.7. The number of nitrogens with one attached hydrogen (secondary N) is 1. The van der Waals surface area contributed by atoms with Gasteiger partial charge in [-0.25, -0.2) is 0 Å². The smallest absolute Gasteiger partial charge is 0.421 e.